The first-order chi connectivity index (χ1) is 8.81. The van der Waals surface area contributed by atoms with E-state index in [1.54, 1.807) is 0 Å². The third-order valence-electron chi connectivity index (χ3n) is 2.55. The van der Waals surface area contributed by atoms with Crippen LogP contribution in [0.3, 0.4) is 0 Å². The van der Waals surface area contributed by atoms with Crippen molar-refractivity contribution in [3.8, 4) is 0 Å². The summed E-state index contributed by atoms with van der Waals surface area (Å²) in [5.41, 5.74) is 1.90. The summed E-state index contributed by atoms with van der Waals surface area (Å²) >= 11 is 0. The van der Waals surface area contributed by atoms with Crippen molar-refractivity contribution < 1.29 is 22.7 Å². The van der Waals surface area contributed by atoms with Gasteiger partial charge in [-0.2, -0.15) is 13.2 Å². The van der Waals surface area contributed by atoms with Crippen LogP contribution in [0.2, 0.25) is 0 Å². The lowest BCUT2D eigenvalue weighted by atomic mass is 10.0. The molecule has 0 aliphatic carbocycles. The van der Waals surface area contributed by atoms with E-state index in [-0.39, 0.29) is 6.04 Å². The van der Waals surface area contributed by atoms with Gasteiger partial charge in [0.25, 0.3) is 0 Å². The Morgan fingerprint density at radius 3 is 2.37 bits per heavy atom. The van der Waals surface area contributed by atoms with Gasteiger partial charge in [-0.25, -0.2) is 4.79 Å². The topological polar surface area (TPSA) is 38.3 Å². The van der Waals surface area contributed by atoms with Crippen molar-refractivity contribution in [2.75, 3.05) is 6.61 Å². The lowest BCUT2D eigenvalue weighted by Crippen LogP contribution is -2.31. The summed E-state index contributed by atoms with van der Waals surface area (Å²) in [6.07, 6.45) is -5.02. The fourth-order valence-corrected chi connectivity index (χ4v) is 1.55. The van der Waals surface area contributed by atoms with Gasteiger partial charge in [-0.1, -0.05) is 36.8 Å². The third kappa shape index (κ3) is 5.63. The van der Waals surface area contributed by atoms with Crippen molar-refractivity contribution in [3.63, 3.8) is 0 Å². The molecule has 0 heterocycles. The second kappa shape index (κ2) is 6.45. The van der Waals surface area contributed by atoms with Crippen LogP contribution in [0.15, 0.2) is 24.3 Å². The third-order valence-corrected chi connectivity index (χ3v) is 2.55. The van der Waals surface area contributed by atoms with Crippen LogP contribution < -0.4 is 5.32 Å². The van der Waals surface area contributed by atoms with Gasteiger partial charge in [-0.05, 0) is 18.9 Å². The molecule has 1 unspecified atom stereocenters. The van der Waals surface area contributed by atoms with Crippen LogP contribution in [-0.4, -0.2) is 18.9 Å². The Labute approximate surface area is 109 Å². The first-order valence-electron chi connectivity index (χ1n) is 5.88. The summed E-state index contributed by atoms with van der Waals surface area (Å²) < 4.78 is 39.8. The molecule has 0 aliphatic rings. The van der Waals surface area contributed by atoms with Crippen molar-refractivity contribution in [2.45, 2.75) is 32.5 Å². The summed E-state index contributed by atoms with van der Waals surface area (Å²) in [6.45, 7) is 2.17. The second-order valence-electron chi connectivity index (χ2n) is 4.21. The quantitative estimate of drug-likeness (QED) is 0.909. The molecule has 1 amide bonds. The van der Waals surface area contributed by atoms with Crippen molar-refractivity contribution in [1.29, 1.82) is 0 Å². The molecule has 0 saturated carbocycles. The number of amides is 1. The molecule has 3 nitrogen and oxygen atoms in total. The number of hydrogen-bond acceptors (Lipinski definition) is 2. The fraction of sp³-hybridized carbons (Fsp3) is 0.462. The number of halogens is 3. The normalized spacial score (nSPS) is 12.9. The zero-order valence-corrected chi connectivity index (χ0v) is 10.8. The van der Waals surface area contributed by atoms with E-state index in [4.69, 9.17) is 0 Å². The Kier molecular flexibility index (Phi) is 5.20. The summed E-state index contributed by atoms with van der Waals surface area (Å²) in [5.74, 6) is 0. The van der Waals surface area contributed by atoms with Gasteiger partial charge in [0, 0.05) is 0 Å². The fourth-order valence-electron chi connectivity index (χ4n) is 1.55. The van der Waals surface area contributed by atoms with Crippen molar-refractivity contribution >= 4 is 6.09 Å². The molecule has 106 valence electrons. The molecule has 1 aromatic carbocycles. The van der Waals surface area contributed by atoms with Gasteiger partial charge >= 0.3 is 12.3 Å². The highest BCUT2D eigenvalue weighted by molar-refractivity contribution is 5.67. The number of alkyl carbamates (subject to hydrolysis) is 1. The van der Waals surface area contributed by atoms with Crippen molar-refractivity contribution in [3.05, 3.63) is 35.4 Å². The Morgan fingerprint density at radius 1 is 1.32 bits per heavy atom. The Balaban J connectivity index is 2.57. The predicted octanol–water partition coefficient (Wildman–Crippen LogP) is 3.73. The monoisotopic (exact) mass is 275 g/mol. The maximum absolute atomic E-state index is 11.9. The molecule has 0 radical (unpaired) electrons. The summed E-state index contributed by atoms with van der Waals surface area (Å²) in [4.78, 5) is 11.3. The molecule has 0 bridgehead atoms. The highest BCUT2D eigenvalue weighted by atomic mass is 19.4. The van der Waals surface area contributed by atoms with Crippen LogP contribution in [0, 0.1) is 6.92 Å². The minimum Gasteiger partial charge on any atom is -0.440 e. The van der Waals surface area contributed by atoms with Gasteiger partial charge in [-0.15, -0.1) is 0 Å². The van der Waals surface area contributed by atoms with Crippen LogP contribution >= 0.6 is 0 Å². The first kappa shape index (κ1) is 15.3. The van der Waals surface area contributed by atoms with E-state index >= 15 is 0 Å². The molecule has 1 atom stereocenters. The number of ether oxygens (including phenoxy) is 1. The van der Waals surface area contributed by atoms with E-state index in [1.165, 1.54) is 0 Å². The average molecular weight is 275 g/mol. The molecule has 1 rings (SSSR count). The van der Waals surface area contributed by atoms with E-state index in [2.05, 4.69) is 10.1 Å². The number of rotatable bonds is 4. The number of carbonyl (C=O) groups excluding carboxylic acids is 1. The van der Waals surface area contributed by atoms with E-state index in [9.17, 15) is 18.0 Å². The van der Waals surface area contributed by atoms with Gasteiger partial charge in [0.05, 0.1) is 6.04 Å². The average Bonchev–Trinajstić information content (AvgIpc) is 2.34. The lowest BCUT2D eigenvalue weighted by Gasteiger charge is -2.18. The highest BCUT2D eigenvalue weighted by Gasteiger charge is 2.30. The van der Waals surface area contributed by atoms with E-state index in [1.807, 2.05) is 38.1 Å². The molecular weight excluding hydrogens is 259 g/mol. The van der Waals surface area contributed by atoms with Gasteiger partial charge in [-0.3, -0.25) is 0 Å². The summed E-state index contributed by atoms with van der Waals surface area (Å²) in [6, 6.07) is 7.05. The first-order valence-corrected chi connectivity index (χ1v) is 5.88. The Morgan fingerprint density at radius 2 is 1.89 bits per heavy atom. The van der Waals surface area contributed by atoms with Crippen LogP contribution in [0.25, 0.3) is 0 Å². The predicted molar refractivity (Wildman–Crippen MR) is 64.7 cm³/mol. The highest BCUT2D eigenvalue weighted by Crippen LogP contribution is 2.18. The molecule has 1 N–H and O–H groups in total. The molecule has 19 heavy (non-hydrogen) atoms. The number of benzene rings is 1. The zero-order chi connectivity index (χ0) is 14.5. The maximum atomic E-state index is 11.9. The Bertz CT molecular complexity index is 415. The molecule has 6 heteroatoms. The van der Waals surface area contributed by atoms with Crippen LogP contribution in [0.1, 0.15) is 30.5 Å². The number of aryl methyl sites for hydroxylation is 1. The van der Waals surface area contributed by atoms with Gasteiger partial charge < -0.3 is 10.1 Å². The second-order valence-corrected chi connectivity index (χ2v) is 4.21. The maximum Gasteiger partial charge on any atom is 0.422 e. The van der Waals surface area contributed by atoms with Crippen molar-refractivity contribution in [2.24, 2.45) is 0 Å². The smallest absolute Gasteiger partial charge is 0.422 e. The number of hydrogen-bond donors (Lipinski definition) is 1. The van der Waals surface area contributed by atoms with E-state index in [0.717, 1.165) is 11.1 Å². The molecule has 0 aromatic heterocycles. The number of carbonyl (C=O) groups is 1. The molecular formula is C13H16F3NO2. The molecule has 0 fully saturated rings. The molecule has 1 aromatic rings. The molecule has 0 saturated heterocycles. The SMILES string of the molecule is CCC(NC(=O)OCC(F)(F)F)c1ccc(C)cc1. The van der Waals surface area contributed by atoms with Crippen molar-refractivity contribution in [1.82, 2.24) is 5.32 Å². The van der Waals surface area contributed by atoms with Crippen LogP contribution in [0.4, 0.5) is 18.0 Å². The molecule has 0 spiro atoms. The van der Waals surface area contributed by atoms with E-state index < -0.39 is 18.9 Å². The summed E-state index contributed by atoms with van der Waals surface area (Å²) in [7, 11) is 0. The Hall–Kier alpha value is -1.72. The zero-order valence-electron chi connectivity index (χ0n) is 10.8. The van der Waals surface area contributed by atoms with Gasteiger partial charge in [0.1, 0.15) is 0 Å². The van der Waals surface area contributed by atoms with Crippen LogP contribution in [0.5, 0.6) is 0 Å². The van der Waals surface area contributed by atoms with Gasteiger partial charge in [0.2, 0.25) is 0 Å². The number of alkyl halides is 3. The van der Waals surface area contributed by atoms with Crippen LogP contribution in [-0.2, 0) is 4.74 Å². The van der Waals surface area contributed by atoms with E-state index in [0.29, 0.717) is 6.42 Å². The standard InChI is InChI=1S/C13H16F3NO2/c1-3-11(10-6-4-9(2)5-7-10)17-12(18)19-8-13(14,15)16/h4-7,11H,3,8H2,1-2H3,(H,17,18). The number of nitrogens with one attached hydrogen (secondary N) is 1. The minimum atomic E-state index is -4.51. The largest absolute Gasteiger partial charge is 0.440 e. The minimum absolute atomic E-state index is 0.360. The van der Waals surface area contributed by atoms with Gasteiger partial charge in [0.15, 0.2) is 6.61 Å². The molecule has 0 aliphatic heterocycles. The summed E-state index contributed by atoms with van der Waals surface area (Å²) in [5, 5.41) is 2.41. The lowest BCUT2D eigenvalue weighted by molar-refractivity contribution is -0.160.